The molecule has 8 heteroatoms. The summed E-state index contributed by atoms with van der Waals surface area (Å²) in [4.78, 5) is 16.9. The van der Waals surface area contributed by atoms with Gasteiger partial charge in [0.05, 0.1) is 6.42 Å². The molecule has 7 nitrogen and oxygen atoms in total. The van der Waals surface area contributed by atoms with E-state index in [4.69, 9.17) is 11.6 Å². The molecule has 146 valence electrons. The van der Waals surface area contributed by atoms with Crippen LogP contribution in [0.4, 0.5) is 5.82 Å². The first kappa shape index (κ1) is 18.7. The van der Waals surface area contributed by atoms with Crippen LogP contribution in [0.25, 0.3) is 5.65 Å². The van der Waals surface area contributed by atoms with Gasteiger partial charge in [0.2, 0.25) is 5.91 Å². The molecule has 28 heavy (non-hydrogen) atoms. The van der Waals surface area contributed by atoms with E-state index in [1.807, 2.05) is 29.2 Å². The molecule has 4 rings (SSSR count). The molecule has 0 aliphatic carbocycles. The molecule has 0 spiro atoms. The number of nitrogens with zero attached hydrogens (tertiary/aromatic N) is 6. The van der Waals surface area contributed by atoms with Gasteiger partial charge in [0, 0.05) is 31.2 Å². The van der Waals surface area contributed by atoms with E-state index in [2.05, 4.69) is 40.1 Å². The number of rotatable bonds is 4. The number of anilines is 1. The van der Waals surface area contributed by atoms with Crippen LogP contribution >= 0.6 is 11.6 Å². The zero-order valence-electron chi connectivity index (χ0n) is 16.0. The lowest BCUT2D eigenvalue weighted by Crippen LogP contribution is -2.49. The van der Waals surface area contributed by atoms with Crippen molar-refractivity contribution in [1.82, 2.24) is 24.7 Å². The highest BCUT2D eigenvalue weighted by atomic mass is 35.5. The van der Waals surface area contributed by atoms with E-state index in [9.17, 15) is 4.79 Å². The number of amides is 1. The third-order valence-corrected chi connectivity index (χ3v) is 5.49. The second kappa shape index (κ2) is 7.75. The predicted molar refractivity (Wildman–Crippen MR) is 109 cm³/mol. The molecule has 3 heterocycles. The van der Waals surface area contributed by atoms with Crippen molar-refractivity contribution in [3.8, 4) is 0 Å². The third kappa shape index (κ3) is 3.80. The summed E-state index contributed by atoms with van der Waals surface area (Å²) in [6, 6.07) is 9.74. The normalized spacial score (nSPS) is 14.9. The van der Waals surface area contributed by atoms with Crippen LogP contribution < -0.4 is 4.90 Å². The van der Waals surface area contributed by atoms with E-state index in [-0.39, 0.29) is 5.91 Å². The monoisotopic (exact) mass is 398 g/mol. The average molecular weight is 399 g/mol. The first-order valence-electron chi connectivity index (χ1n) is 9.49. The number of piperazine rings is 1. The van der Waals surface area contributed by atoms with Gasteiger partial charge in [-0.3, -0.25) is 4.79 Å². The Kier molecular flexibility index (Phi) is 5.17. The highest BCUT2D eigenvalue weighted by molar-refractivity contribution is 6.31. The maximum absolute atomic E-state index is 12.8. The molecule has 0 saturated carbocycles. The summed E-state index contributed by atoms with van der Waals surface area (Å²) in [6.07, 6.45) is 2.00. The molecule has 3 aromatic rings. The van der Waals surface area contributed by atoms with Gasteiger partial charge in [-0.2, -0.15) is 4.52 Å². The molecule has 0 radical (unpaired) electrons. The molecule has 1 saturated heterocycles. The zero-order valence-corrected chi connectivity index (χ0v) is 16.8. The molecular weight excluding hydrogens is 376 g/mol. The Morgan fingerprint density at radius 3 is 2.68 bits per heavy atom. The molecule has 0 bridgehead atoms. The first-order valence-corrected chi connectivity index (χ1v) is 9.87. The van der Waals surface area contributed by atoms with Gasteiger partial charge < -0.3 is 9.80 Å². The van der Waals surface area contributed by atoms with E-state index in [1.54, 1.807) is 10.8 Å². The van der Waals surface area contributed by atoms with Gasteiger partial charge in [-0.1, -0.05) is 37.6 Å². The summed E-state index contributed by atoms with van der Waals surface area (Å²) in [5, 5.41) is 13.1. The molecule has 1 aliphatic heterocycles. The van der Waals surface area contributed by atoms with Crippen LogP contribution in [0.15, 0.2) is 36.7 Å². The van der Waals surface area contributed by atoms with Crippen LogP contribution in [0.2, 0.25) is 5.02 Å². The van der Waals surface area contributed by atoms with E-state index in [1.165, 1.54) is 0 Å². The van der Waals surface area contributed by atoms with Gasteiger partial charge in [0.15, 0.2) is 5.65 Å². The van der Waals surface area contributed by atoms with E-state index >= 15 is 0 Å². The maximum atomic E-state index is 12.8. The van der Waals surface area contributed by atoms with Crippen molar-refractivity contribution in [2.45, 2.75) is 26.2 Å². The van der Waals surface area contributed by atoms with E-state index < -0.39 is 0 Å². The minimum absolute atomic E-state index is 0.152. The number of hydrogen-bond donors (Lipinski definition) is 0. The summed E-state index contributed by atoms with van der Waals surface area (Å²) < 4.78 is 1.67. The zero-order chi connectivity index (χ0) is 19.7. The standard InChI is InChI=1S/C20H23ClN6O/c1-14(2)16-11-15(3-4-17(16)21)12-20(28)26-9-7-25(8-10-26)19-6-5-18-23-22-13-27(18)24-19/h3-6,11,13-14H,7-10,12H2,1-2H3. The molecule has 0 N–H and O–H groups in total. The lowest BCUT2D eigenvalue weighted by molar-refractivity contribution is -0.130. The van der Waals surface area contributed by atoms with Crippen molar-refractivity contribution in [2.24, 2.45) is 0 Å². The molecular formula is C20H23ClN6O. The lowest BCUT2D eigenvalue weighted by Gasteiger charge is -2.35. The number of carbonyl (C=O) groups excluding carboxylic acids is 1. The Morgan fingerprint density at radius 1 is 1.14 bits per heavy atom. The van der Waals surface area contributed by atoms with Crippen molar-refractivity contribution in [3.63, 3.8) is 0 Å². The van der Waals surface area contributed by atoms with Crippen LogP contribution in [0.5, 0.6) is 0 Å². The van der Waals surface area contributed by atoms with Crippen LogP contribution in [0.1, 0.15) is 30.9 Å². The van der Waals surface area contributed by atoms with Crippen LogP contribution in [-0.4, -0.2) is 56.8 Å². The number of benzene rings is 1. The smallest absolute Gasteiger partial charge is 0.227 e. The summed E-state index contributed by atoms with van der Waals surface area (Å²) in [5.41, 5.74) is 2.83. The Hall–Kier alpha value is -2.67. The number of fused-ring (bicyclic) bond motifs is 1. The van der Waals surface area contributed by atoms with E-state index in [0.717, 1.165) is 40.7 Å². The second-order valence-corrected chi connectivity index (χ2v) is 7.79. The summed E-state index contributed by atoms with van der Waals surface area (Å²) in [7, 11) is 0. The minimum Gasteiger partial charge on any atom is -0.352 e. The molecule has 1 amide bonds. The minimum atomic E-state index is 0.152. The molecule has 0 unspecified atom stereocenters. The highest BCUT2D eigenvalue weighted by Gasteiger charge is 2.22. The summed E-state index contributed by atoms with van der Waals surface area (Å²) in [6.45, 7) is 7.10. The van der Waals surface area contributed by atoms with Crippen LogP contribution in [0, 0.1) is 0 Å². The lowest BCUT2D eigenvalue weighted by atomic mass is 9.99. The van der Waals surface area contributed by atoms with Gasteiger partial charge in [-0.25, -0.2) is 0 Å². The largest absolute Gasteiger partial charge is 0.352 e. The average Bonchev–Trinajstić information content (AvgIpc) is 3.17. The Morgan fingerprint density at radius 2 is 1.93 bits per heavy atom. The van der Waals surface area contributed by atoms with Crippen molar-refractivity contribution in [1.29, 1.82) is 0 Å². The Bertz CT molecular complexity index is 993. The number of hydrogen-bond acceptors (Lipinski definition) is 5. The Balaban J connectivity index is 1.38. The topological polar surface area (TPSA) is 66.6 Å². The molecule has 1 aromatic carbocycles. The Labute approximate surface area is 168 Å². The van der Waals surface area contributed by atoms with Crippen LogP contribution in [0.3, 0.4) is 0 Å². The molecule has 0 atom stereocenters. The fraction of sp³-hybridized carbons (Fsp3) is 0.400. The van der Waals surface area contributed by atoms with Crippen molar-refractivity contribution >= 4 is 29.0 Å². The SMILES string of the molecule is CC(C)c1cc(CC(=O)N2CCN(c3ccc4nncn4n3)CC2)ccc1Cl. The second-order valence-electron chi connectivity index (χ2n) is 7.38. The van der Waals surface area contributed by atoms with Crippen molar-refractivity contribution in [3.05, 3.63) is 52.8 Å². The highest BCUT2D eigenvalue weighted by Crippen LogP contribution is 2.25. The maximum Gasteiger partial charge on any atom is 0.227 e. The fourth-order valence-electron chi connectivity index (χ4n) is 3.50. The number of aromatic nitrogens is 4. The summed E-state index contributed by atoms with van der Waals surface area (Å²) in [5.74, 6) is 1.36. The molecule has 1 aliphatic rings. The molecule has 2 aromatic heterocycles. The summed E-state index contributed by atoms with van der Waals surface area (Å²) >= 11 is 6.26. The van der Waals surface area contributed by atoms with Gasteiger partial charge in [-0.05, 0) is 35.2 Å². The van der Waals surface area contributed by atoms with Gasteiger partial charge in [0.1, 0.15) is 12.1 Å². The quantitative estimate of drug-likeness (QED) is 0.676. The third-order valence-electron chi connectivity index (χ3n) is 5.14. The number of halogens is 1. The van der Waals surface area contributed by atoms with Gasteiger partial charge >= 0.3 is 0 Å². The van der Waals surface area contributed by atoms with Crippen molar-refractivity contribution in [2.75, 3.05) is 31.1 Å². The van der Waals surface area contributed by atoms with Gasteiger partial charge in [-0.15, -0.1) is 15.3 Å². The predicted octanol–water partition coefficient (Wildman–Crippen LogP) is 2.79. The van der Waals surface area contributed by atoms with E-state index in [0.29, 0.717) is 25.4 Å². The van der Waals surface area contributed by atoms with Gasteiger partial charge in [0.25, 0.3) is 0 Å². The number of carbonyl (C=O) groups is 1. The first-order chi connectivity index (χ1) is 13.5. The fourth-order valence-corrected chi connectivity index (χ4v) is 3.84. The van der Waals surface area contributed by atoms with Crippen molar-refractivity contribution < 1.29 is 4.79 Å². The molecule has 1 fully saturated rings. The van der Waals surface area contributed by atoms with Crippen LogP contribution in [-0.2, 0) is 11.2 Å².